The standard InChI is InChI=1S/C18H28BrN3.ClH/c1-15(17-2-4-18(19)5-3-17)22-12-10-21(11-13-22)14-16-6-8-20-9-7-16;/h2-5,15-16,20H,6-14H2,1H3;1H. The van der Waals surface area contributed by atoms with Crippen LogP contribution in [0.2, 0.25) is 0 Å². The lowest BCUT2D eigenvalue weighted by molar-refractivity contribution is 0.0869. The number of hydrogen-bond donors (Lipinski definition) is 1. The molecule has 3 rings (SSSR count). The normalized spacial score (nSPS) is 22.5. The molecule has 1 aromatic rings. The Labute approximate surface area is 155 Å². The second-order valence-electron chi connectivity index (χ2n) is 6.76. The molecule has 2 saturated heterocycles. The number of piperazine rings is 1. The van der Waals surface area contributed by atoms with Gasteiger partial charge < -0.3 is 10.2 Å². The highest BCUT2D eigenvalue weighted by atomic mass is 79.9. The van der Waals surface area contributed by atoms with E-state index in [-0.39, 0.29) is 12.4 Å². The van der Waals surface area contributed by atoms with Crippen molar-refractivity contribution < 1.29 is 0 Å². The maximum absolute atomic E-state index is 3.52. The smallest absolute Gasteiger partial charge is 0.0320 e. The Morgan fingerprint density at radius 3 is 2.30 bits per heavy atom. The average molecular weight is 403 g/mol. The molecule has 1 aromatic carbocycles. The monoisotopic (exact) mass is 401 g/mol. The van der Waals surface area contributed by atoms with Crippen LogP contribution in [0.25, 0.3) is 0 Å². The highest BCUT2D eigenvalue weighted by Crippen LogP contribution is 2.24. The highest BCUT2D eigenvalue weighted by molar-refractivity contribution is 9.10. The third-order valence-corrected chi connectivity index (χ3v) is 5.81. The Morgan fingerprint density at radius 1 is 1.09 bits per heavy atom. The zero-order valence-electron chi connectivity index (χ0n) is 14.0. The summed E-state index contributed by atoms with van der Waals surface area (Å²) in [5.41, 5.74) is 1.43. The van der Waals surface area contributed by atoms with Crippen molar-refractivity contribution in [1.29, 1.82) is 0 Å². The summed E-state index contributed by atoms with van der Waals surface area (Å²) in [6.07, 6.45) is 2.71. The van der Waals surface area contributed by atoms with Gasteiger partial charge in [-0.25, -0.2) is 0 Å². The maximum Gasteiger partial charge on any atom is 0.0320 e. The van der Waals surface area contributed by atoms with Crippen molar-refractivity contribution >= 4 is 28.3 Å². The minimum atomic E-state index is 0. The number of benzene rings is 1. The van der Waals surface area contributed by atoms with Gasteiger partial charge in [-0.3, -0.25) is 4.90 Å². The van der Waals surface area contributed by atoms with Gasteiger partial charge >= 0.3 is 0 Å². The largest absolute Gasteiger partial charge is 0.317 e. The Kier molecular flexibility index (Phi) is 7.83. The van der Waals surface area contributed by atoms with E-state index in [2.05, 4.69) is 62.2 Å². The molecule has 5 heteroatoms. The summed E-state index contributed by atoms with van der Waals surface area (Å²) in [6, 6.07) is 9.32. The van der Waals surface area contributed by atoms with E-state index in [4.69, 9.17) is 0 Å². The van der Waals surface area contributed by atoms with Crippen molar-refractivity contribution in [2.45, 2.75) is 25.8 Å². The third kappa shape index (κ3) is 5.43. The molecule has 1 N–H and O–H groups in total. The molecular formula is C18H29BrClN3. The number of nitrogens with one attached hydrogen (secondary N) is 1. The molecule has 1 atom stereocenters. The number of piperidine rings is 1. The molecule has 0 spiro atoms. The molecule has 0 bridgehead atoms. The van der Waals surface area contributed by atoms with Gasteiger partial charge in [0.2, 0.25) is 0 Å². The van der Waals surface area contributed by atoms with Gasteiger partial charge in [-0.1, -0.05) is 28.1 Å². The molecule has 0 aromatic heterocycles. The molecule has 1 unspecified atom stereocenters. The molecule has 0 radical (unpaired) electrons. The summed E-state index contributed by atoms with van der Waals surface area (Å²) >= 11 is 3.52. The first-order valence-corrected chi connectivity index (χ1v) is 9.44. The second kappa shape index (κ2) is 9.38. The fourth-order valence-electron chi connectivity index (χ4n) is 3.71. The number of rotatable bonds is 4. The summed E-state index contributed by atoms with van der Waals surface area (Å²) in [4.78, 5) is 5.31. The van der Waals surface area contributed by atoms with Gasteiger partial charge in [0.05, 0.1) is 0 Å². The first-order valence-electron chi connectivity index (χ1n) is 8.65. The van der Waals surface area contributed by atoms with E-state index in [1.54, 1.807) is 0 Å². The topological polar surface area (TPSA) is 18.5 Å². The van der Waals surface area contributed by atoms with Gasteiger partial charge in [-0.2, -0.15) is 0 Å². The quantitative estimate of drug-likeness (QED) is 0.831. The van der Waals surface area contributed by atoms with Gasteiger partial charge in [0.15, 0.2) is 0 Å². The molecule has 23 heavy (non-hydrogen) atoms. The zero-order chi connectivity index (χ0) is 15.4. The van der Waals surface area contributed by atoms with E-state index < -0.39 is 0 Å². The van der Waals surface area contributed by atoms with Gasteiger partial charge in [-0.15, -0.1) is 12.4 Å². The lowest BCUT2D eigenvalue weighted by Gasteiger charge is -2.40. The Hall–Kier alpha value is -0.130. The van der Waals surface area contributed by atoms with Crippen LogP contribution in [0.4, 0.5) is 0 Å². The van der Waals surface area contributed by atoms with Crippen LogP contribution >= 0.6 is 28.3 Å². The molecule has 0 saturated carbocycles. The predicted octanol–water partition coefficient (Wildman–Crippen LogP) is 3.55. The fourth-order valence-corrected chi connectivity index (χ4v) is 3.98. The zero-order valence-corrected chi connectivity index (χ0v) is 16.4. The molecule has 2 aliphatic rings. The van der Waals surface area contributed by atoms with Crippen molar-refractivity contribution in [3.63, 3.8) is 0 Å². The van der Waals surface area contributed by atoms with Crippen molar-refractivity contribution in [1.82, 2.24) is 15.1 Å². The van der Waals surface area contributed by atoms with Gasteiger partial charge in [-0.05, 0) is 56.5 Å². The summed E-state index contributed by atoms with van der Waals surface area (Å²) in [6.45, 7) is 10.9. The van der Waals surface area contributed by atoms with E-state index in [1.165, 1.54) is 64.2 Å². The molecule has 3 nitrogen and oxygen atoms in total. The van der Waals surface area contributed by atoms with Crippen molar-refractivity contribution in [3.05, 3.63) is 34.3 Å². The van der Waals surface area contributed by atoms with Crippen molar-refractivity contribution in [3.8, 4) is 0 Å². The van der Waals surface area contributed by atoms with Gasteiger partial charge in [0, 0.05) is 43.2 Å². The minimum absolute atomic E-state index is 0. The van der Waals surface area contributed by atoms with Crippen molar-refractivity contribution in [2.24, 2.45) is 5.92 Å². The lowest BCUT2D eigenvalue weighted by atomic mass is 9.97. The molecule has 2 fully saturated rings. The molecule has 2 heterocycles. The van der Waals surface area contributed by atoms with Crippen LogP contribution in [-0.4, -0.2) is 55.6 Å². The van der Waals surface area contributed by atoms with E-state index in [0.717, 1.165) is 10.4 Å². The summed E-state index contributed by atoms with van der Waals surface area (Å²) in [5.74, 6) is 0.914. The predicted molar refractivity (Wildman–Crippen MR) is 103 cm³/mol. The third-order valence-electron chi connectivity index (χ3n) is 5.28. The number of nitrogens with zero attached hydrogens (tertiary/aromatic N) is 2. The van der Waals surface area contributed by atoms with Crippen LogP contribution in [0.5, 0.6) is 0 Å². The highest BCUT2D eigenvalue weighted by Gasteiger charge is 2.24. The fraction of sp³-hybridized carbons (Fsp3) is 0.667. The lowest BCUT2D eigenvalue weighted by Crippen LogP contribution is -2.49. The van der Waals surface area contributed by atoms with Crippen LogP contribution < -0.4 is 5.32 Å². The Balaban J connectivity index is 0.00000192. The van der Waals surface area contributed by atoms with Crippen molar-refractivity contribution in [2.75, 3.05) is 45.8 Å². The maximum atomic E-state index is 3.52. The molecule has 130 valence electrons. The number of hydrogen-bond acceptors (Lipinski definition) is 3. The Bertz CT molecular complexity index is 454. The summed E-state index contributed by atoms with van der Waals surface area (Å²) in [5, 5.41) is 3.47. The first kappa shape index (κ1) is 19.2. The molecular weight excluding hydrogens is 374 g/mol. The van der Waals surface area contributed by atoms with Gasteiger partial charge in [0.25, 0.3) is 0 Å². The summed E-state index contributed by atoms with van der Waals surface area (Å²) in [7, 11) is 0. The summed E-state index contributed by atoms with van der Waals surface area (Å²) < 4.78 is 1.16. The number of halogens is 2. The van der Waals surface area contributed by atoms with Crippen LogP contribution in [0.3, 0.4) is 0 Å². The first-order chi connectivity index (χ1) is 10.7. The van der Waals surface area contributed by atoms with Gasteiger partial charge in [0.1, 0.15) is 0 Å². The van der Waals surface area contributed by atoms with Crippen LogP contribution in [0.1, 0.15) is 31.4 Å². The molecule has 2 aliphatic heterocycles. The molecule has 0 aliphatic carbocycles. The van der Waals surface area contributed by atoms with Crippen LogP contribution in [-0.2, 0) is 0 Å². The van der Waals surface area contributed by atoms with E-state index in [0.29, 0.717) is 6.04 Å². The van der Waals surface area contributed by atoms with E-state index in [9.17, 15) is 0 Å². The van der Waals surface area contributed by atoms with E-state index in [1.807, 2.05) is 0 Å². The SMILES string of the molecule is CC(c1ccc(Br)cc1)N1CCN(CC2CCNCC2)CC1.Cl. The van der Waals surface area contributed by atoms with Crippen LogP contribution in [0, 0.1) is 5.92 Å². The molecule has 0 amide bonds. The average Bonchev–Trinajstić information content (AvgIpc) is 2.57. The van der Waals surface area contributed by atoms with Crippen LogP contribution in [0.15, 0.2) is 28.7 Å². The van der Waals surface area contributed by atoms with E-state index >= 15 is 0 Å². The minimum Gasteiger partial charge on any atom is -0.317 e. The Morgan fingerprint density at radius 2 is 1.70 bits per heavy atom. The second-order valence-corrected chi connectivity index (χ2v) is 7.67.